The Balaban J connectivity index is 1.72. The maximum atomic E-state index is 11.8. The van der Waals surface area contributed by atoms with Gasteiger partial charge in [-0.05, 0) is 18.2 Å². The minimum absolute atomic E-state index is 0.0805. The molecule has 1 heterocycles. The largest absolute Gasteiger partial charge is 0.452 e. The first kappa shape index (κ1) is 18.6. The Kier molecular flexibility index (Phi) is 6.47. The molecule has 0 radical (unpaired) electrons. The van der Waals surface area contributed by atoms with E-state index in [4.69, 9.17) is 27.9 Å². The lowest BCUT2D eigenvalue weighted by molar-refractivity contribution is -0.126. The molecule has 1 aromatic rings. The molecule has 128 valence electrons. The van der Waals surface area contributed by atoms with Gasteiger partial charge in [-0.2, -0.15) is 0 Å². The lowest BCUT2D eigenvalue weighted by Gasteiger charge is -2.13. The second-order valence-electron chi connectivity index (χ2n) is 4.65. The van der Waals surface area contributed by atoms with Crippen LogP contribution in [0.1, 0.15) is 10.4 Å². The number of rotatable bonds is 6. The van der Waals surface area contributed by atoms with E-state index in [1.54, 1.807) is 0 Å². The fraction of sp³-hybridized carbons (Fsp3) is 0.286. The highest BCUT2D eigenvalue weighted by atomic mass is 35.5. The van der Waals surface area contributed by atoms with Crippen LogP contribution < -0.4 is 5.32 Å². The zero-order chi connectivity index (χ0) is 17.7. The van der Waals surface area contributed by atoms with Crippen molar-refractivity contribution >= 4 is 58.0 Å². The second-order valence-corrected chi connectivity index (χ2v) is 6.40. The van der Waals surface area contributed by atoms with Gasteiger partial charge in [0.15, 0.2) is 6.61 Å². The maximum Gasteiger partial charge on any atom is 0.338 e. The first-order valence-electron chi connectivity index (χ1n) is 6.74. The van der Waals surface area contributed by atoms with E-state index in [0.717, 1.165) is 16.7 Å². The number of amides is 3. The molecular formula is C14H12Cl2N2O5S. The monoisotopic (exact) mass is 390 g/mol. The SMILES string of the molecule is O=C(COC(=O)c1ccc(Cl)c(Cl)c1)NCCN1C(=O)CSC1=O. The highest BCUT2D eigenvalue weighted by molar-refractivity contribution is 8.14. The van der Waals surface area contributed by atoms with E-state index < -0.39 is 18.5 Å². The second kappa shape index (κ2) is 8.36. The van der Waals surface area contributed by atoms with Crippen LogP contribution in [0.2, 0.25) is 10.0 Å². The minimum atomic E-state index is -0.718. The zero-order valence-corrected chi connectivity index (χ0v) is 14.5. The van der Waals surface area contributed by atoms with Crippen molar-refractivity contribution in [2.45, 2.75) is 0 Å². The van der Waals surface area contributed by atoms with Crippen LogP contribution in [0.5, 0.6) is 0 Å². The number of nitrogens with one attached hydrogen (secondary N) is 1. The molecule has 1 aliphatic rings. The van der Waals surface area contributed by atoms with Gasteiger partial charge < -0.3 is 10.1 Å². The molecule has 0 spiro atoms. The highest BCUT2D eigenvalue weighted by Gasteiger charge is 2.29. The predicted molar refractivity (Wildman–Crippen MR) is 89.3 cm³/mol. The zero-order valence-electron chi connectivity index (χ0n) is 12.2. The van der Waals surface area contributed by atoms with Crippen LogP contribution in [-0.4, -0.2) is 53.4 Å². The number of thioether (sulfide) groups is 1. The van der Waals surface area contributed by atoms with Gasteiger partial charge in [0.1, 0.15) is 0 Å². The molecule has 1 N–H and O–H groups in total. The number of esters is 1. The third-order valence-corrected chi connectivity index (χ3v) is 4.59. The average molecular weight is 391 g/mol. The summed E-state index contributed by atoms with van der Waals surface area (Å²) in [5.41, 5.74) is 0.169. The number of benzene rings is 1. The molecule has 0 atom stereocenters. The topological polar surface area (TPSA) is 92.8 Å². The molecule has 1 aromatic carbocycles. The van der Waals surface area contributed by atoms with Crippen molar-refractivity contribution in [3.05, 3.63) is 33.8 Å². The smallest absolute Gasteiger partial charge is 0.338 e. The summed E-state index contributed by atoms with van der Waals surface area (Å²) in [6, 6.07) is 4.21. The Hall–Kier alpha value is -1.77. The number of halogens is 2. The summed E-state index contributed by atoms with van der Waals surface area (Å²) >= 11 is 12.5. The van der Waals surface area contributed by atoms with Crippen molar-refractivity contribution in [3.63, 3.8) is 0 Å². The van der Waals surface area contributed by atoms with Crippen molar-refractivity contribution < 1.29 is 23.9 Å². The van der Waals surface area contributed by atoms with Crippen LogP contribution in [0.25, 0.3) is 0 Å². The van der Waals surface area contributed by atoms with Gasteiger partial charge in [0.25, 0.3) is 11.1 Å². The number of hydrogen-bond acceptors (Lipinski definition) is 6. The molecule has 2 rings (SSSR count). The van der Waals surface area contributed by atoms with Crippen LogP contribution in [-0.2, 0) is 14.3 Å². The van der Waals surface area contributed by atoms with Crippen LogP contribution in [0.15, 0.2) is 18.2 Å². The predicted octanol–water partition coefficient (Wildman–Crippen LogP) is 1.96. The van der Waals surface area contributed by atoms with Gasteiger partial charge in [-0.15, -0.1) is 0 Å². The summed E-state index contributed by atoms with van der Waals surface area (Å²) in [7, 11) is 0. The number of ether oxygens (including phenoxy) is 1. The van der Waals surface area contributed by atoms with E-state index in [1.165, 1.54) is 18.2 Å². The lowest BCUT2D eigenvalue weighted by atomic mass is 10.2. The van der Waals surface area contributed by atoms with Crippen LogP contribution >= 0.6 is 35.0 Å². The Morgan fingerprint density at radius 3 is 2.62 bits per heavy atom. The number of imide groups is 1. The third-order valence-electron chi connectivity index (χ3n) is 2.99. The van der Waals surface area contributed by atoms with Crippen molar-refractivity contribution in [3.8, 4) is 0 Å². The van der Waals surface area contributed by atoms with Gasteiger partial charge in [0, 0.05) is 13.1 Å². The minimum Gasteiger partial charge on any atom is -0.452 e. The first-order valence-corrected chi connectivity index (χ1v) is 8.48. The number of carbonyl (C=O) groups is 4. The molecule has 24 heavy (non-hydrogen) atoms. The molecular weight excluding hydrogens is 379 g/mol. The molecule has 3 amide bonds. The molecule has 1 fully saturated rings. The van der Waals surface area contributed by atoms with Gasteiger partial charge in [0.05, 0.1) is 21.4 Å². The Bertz CT molecular complexity index is 682. The molecule has 1 aliphatic heterocycles. The fourth-order valence-electron chi connectivity index (χ4n) is 1.79. The third kappa shape index (κ3) is 4.86. The van der Waals surface area contributed by atoms with E-state index >= 15 is 0 Å². The first-order chi connectivity index (χ1) is 11.4. The number of hydrogen-bond donors (Lipinski definition) is 1. The quantitative estimate of drug-likeness (QED) is 0.746. The van der Waals surface area contributed by atoms with Gasteiger partial charge in [0.2, 0.25) is 5.91 Å². The summed E-state index contributed by atoms with van der Waals surface area (Å²) in [6.45, 7) is -0.325. The Labute approximate surface area is 151 Å². The van der Waals surface area contributed by atoms with Gasteiger partial charge >= 0.3 is 5.97 Å². The Morgan fingerprint density at radius 2 is 2.00 bits per heavy atom. The van der Waals surface area contributed by atoms with Crippen molar-refractivity contribution in [2.75, 3.05) is 25.4 Å². The molecule has 0 aromatic heterocycles. The van der Waals surface area contributed by atoms with E-state index in [-0.39, 0.29) is 40.6 Å². The molecule has 10 heteroatoms. The molecule has 1 saturated heterocycles. The highest BCUT2D eigenvalue weighted by Crippen LogP contribution is 2.22. The van der Waals surface area contributed by atoms with Gasteiger partial charge in [-0.3, -0.25) is 19.3 Å². The molecule has 0 saturated carbocycles. The normalized spacial score (nSPS) is 14.0. The molecule has 7 nitrogen and oxygen atoms in total. The van der Waals surface area contributed by atoms with Crippen LogP contribution in [0.4, 0.5) is 4.79 Å². The van der Waals surface area contributed by atoms with Gasteiger partial charge in [-0.25, -0.2) is 4.79 Å². The van der Waals surface area contributed by atoms with Crippen molar-refractivity contribution in [1.29, 1.82) is 0 Å². The number of nitrogens with zero attached hydrogens (tertiary/aromatic N) is 1. The standard InChI is InChI=1S/C14H12Cl2N2O5S/c15-9-2-1-8(5-10(9)16)13(21)23-6-11(19)17-3-4-18-12(20)7-24-14(18)22/h1-2,5H,3-4,6-7H2,(H,17,19). The maximum absolute atomic E-state index is 11.8. The summed E-state index contributed by atoms with van der Waals surface area (Å²) in [6.07, 6.45) is 0. The summed E-state index contributed by atoms with van der Waals surface area (Å²) in [4.78, 5) is 47.2. The molecule has 0 aliphatic carbocycles. The van der Waals surface area contributed by atoms with Crippen molar-refractivity contribution in [2.24, 2.45) is 0 Å². The summed E-state index contributed by atoms with van der Waals surface area (Å²) < 4.78 is 4.85. The van der Waals surface area contributed by atoms with E-state index in [2.05, 4.69) is 5.32 Å². The summed E-state index contributed by atoms with van der Waals surface area (Å²) in [5, 5.41) is 2.63. The van der Waals surface area contributed by atoms with E-state index in [0.29, 0.717) is 5.02 Å². The Morgan fingerprint density at radius 1 is 1.25 bits per heavy atom. The number of carbonyl (C=O) groups excluding carboxylic acids is 4. The average Bonchev–Trinajstić information content (AvgIpc) is 2.87. The van der Waals surface area contributed by atoms with E-state index in [9.17, 15) is 19.2 Å². The van der Waals surface area contributed by atoms with Gasteiger partial charge in [-0.1, -0.05) is 35.0 Å². The van der Waals surface area contributed by atoms with E-state index in [1.807, 2.05) is 0 Å². The van der Waals surface area contributed by atoms with Crippen molar-refractivity contribution in [1.82, 2.24) is 10.2 Å². The van der Waals surface area contributed by atoms with Crippen LogP contribution in [0, 0.1) is 0 Å². The molecule has 0 unspecified atom stereocenters. The molecule has 0 bridgehead atoms. The lowest BCUT2D eigenvalue weighted by Crippen LogP contribution is -2.38. The van der Waals surface area contributed by atoms with Crippen LogP contribution in [0.3, 0.4) is 0 Å². The summed E-state index contributed by atoms with van der Waals surface area (Å²) in [5.74, 6) is -1.43. The fourth-order valence-corrected chi connectivity index (χ4v) is 2.84.